The van der Waals surface area contributed by atoms with E-state index in [0.717, 1.165) is 13.0 Å². The molecule has 0 saturated carbocycles. The van der Waals surface area contributed by atoms with Gasteiger partial charge in [0.2, 0.25) is 0 Å². The molecule has 0 aromatic carbocycles. The van der Waals surface area contributed by atoms with Gasteiger partial charge >= 0.3 is 0 Å². The molecule has 18 heavy (non-hydrogen) atoms. The summed E-state index contributed by atoms with van der Waals surface area (Å²) in [5.74, 6) is 0. The third-order valence-corrected chi connectivity index (χ3v) is 9.41. The largest absolute Gasteiger partial charge is 0.414 e. The van der Waals surface area contributed by atoms with Gasteiger partial charge in [-0.1, -0.05) is 27.7 Å². The van der Waals surface area contributed by atoms with E-state index >= 15 is 0 Å². The minimum absolute atomic E-state index is 0.0315. The maximum absolute atomic E-state index is 6.20. The first-order valence-electron chi connectivity index (χ1n) is 7.09. The van der Waals surface area contributed by atoms with Gasteiger partial charge in [-0.15, -0.1) is 0 Å². The zero-order valence-electron chi connectivity index (χ0n) is 12.9. The van der Waals surface area contributed by atoms with Crippen LogP contribution in [0, 0.1) is 0 Å². The molecule has 0 aliphatic carbocycles. The van der Waals surface area contributed by atoms with Crippen LogP contribution in [0.3, 0.4) is 0 Å². The molecule has 2 aliphatic rings. The molecule has 4 atom stereocenters. The lowest BCUT2D eigenvalue weighted by molar-refractivity contribution is 0.228. The lowest BCUT2D eigenvalue weighted by Gasteiger charge is -2.36. The van der Waals surface area contributed by atoms with Crippen LogP contribution in [0.2, 0.25) is 18.1 Å². The van der Waals surface area contributed by atoms with Crippen LogP contribution in [0.25, 0.3) is 0 Å². The Morgan fingerprint density at radius 2 is 1.89 bits per heavy atom. The lowest BCUT2D eigenvalue weighted by Crippen LogP contribution is -2.42. The molecule has 106 valence electrons. The molecular weight excluding hydrogens is 244 g/mol. The van der Waals surface area contributed by atoms with Crippen molar-refractivity contribution in [1.29, 1.82) is 0 Å². The van der Waals surface area contributed by atoms with Gasteiger partial charge in [0.05, 0.1) is 12.7 Å². The van der Waals surface area contributed by atoms with Crippen molar-refractivity contribution >= 4 is 8.32 Å². The highest BCUT2D eigenvalue weighted by Crippen LogP contribution is 2.50. The van der Waals surface area contributed by atoms with E-state index in [9.17, 15) is 0 Å². The smallest absolute Gasteiger partial charge is 0.192 e. The van der Waals surface area contributed by atoms with Crippen LogP contribution in [0.5, 0.6) is 0 Å². The molecular formula is C14H28O3Si. The van der Waals surface area contributed by atoms with Crippen molar-refractivity contribution < 1.29 is 13.9 Å². The van der Waals surface area contributed by atoms with Gasteiger partial charge < -0.3 is 13.9 Å². The van der Waals surface area contributed by atoms with Crippen molar-refractivity contribution in [3.8, 4) is 0 Å². The van der Waals surface area contributed by atoms with E-state index in [0.29, 0.717) is 6.10 Å². The van der Waals surface area contributed by atoms with Crippen LogP contribution >= 0.6 is 0 Å². The van der Waals surface area contributed by atoms with Crippen LogP contribution in [0.4, 0.5) is 0 Å². The van der Waals surface area contributed by atoms with E-state index in [1.54, 1.807) is 0 Å². The second-order valence-electron chi connectivity index (χ2n) is 7.37. The number of ether oxygens (including phenoxy) is 2. The Labute approximate surface area is 112 Å². The summed E-state index contributed by atoms with van der Waals surface area (Å²) in [5, 5.41) is 0.267. The molecule has 0 N–H and O–H groups in total. The number of hydrogen-bond donors (Lipinski definition) is 0. The summed E-state index contributed by atoms with van der Waals surface area (Å²) < 4.78 is 17.7. The van der Waals surface area contributed by atoms with Gasteiger partial charge in [0.15, 0.2) is 8.32 Å². The minimum Gasteiger partial charge on any atom is -0.414 e. The predicted octanol–water partition coefficient (Wildman–Crippen LogP) is 3.34. The molecule has 2 aliphatic heterocycles. The maximum atomic E-state index is 6.20. The molecule has 0 bridgehead atoms. The maximum Gasteiger partial charge on any atom is 0.192 e. The Morgan fingerprint density at radius 1 is 1.28 bits per heavy atom. The molecule has 3 nitrogen and oxygen atoms in total. The summed E-state index contributed by atoms with van der Waals surface area (Å²) in [6, 6.07) is 0. The van der Waals surface area contributed by atoms with Gasteiger partial charge in [0.1, 0.15) is 17.8 Å². The van der Waals surface area contributed by atoms with Crippen LogP contribution in [-0.2, 0) is 13.9 Å². The molecule has 2 fully saturated rings. The van der Waals surface area contributed by atoms with Gasteiger partial charge in [-0.25, -0.2) is 0 Å². The number of epoxide rings is 2. The number of hydrogen-bond acceptors (Lipinski definition) is 3. The van der Waals surface area contributed by atoms with Crippen molar-refractivity contribution in [3.63, 3.8) is 0 Å². The van der Waals surface area contributed by atoms with Crippen molar-refractivity contribution in [2.45, 2.75) is 83.1 Å². The molecule has 0 aromatic rings. The van der Waals surface area contributed by atoms with Crippen LogP contribution in [0.15, 0.2) is 0 Å². The molecule has 0 radical (unpaired) electrons. The zero-order chi connectivity index (χ0) is 13.8. The summed E-state index contributed by atoms with van der Waals surface area (Å²) >= 11 is 0. The molecule has 2 rings (SSSR count). The topological polar surface area (TPSA) is 34.3 Å². The van der Waals surface area contributed by atoms with Crippen LogP contribution in [-0.4, -0.2) is 38.8 Å². The predicted molar refractivity (Wildman–Crippen MR) is 75.4 cm³/mol. The average molecular weight is 272 g/mol. The SMILES string of the molecule is CC[C@H]1O[C@]1(C)C1OC1CO[Si](C)(C)C(C)(C)C. The van der Waals surface area contributed by atoms with E-state index in [2.05, 4.69) is 47.7 Å². The molecule has 2 unspecified atom stereocenters. The molecule has 0 spiro atoms. The van der Waals surface area contributed by atoms with Gasteiger partial charge in [-0.05, 0) is 31.5 Å². The Bertz CT molecular complexity index is 323. The van der Waals surface area contributed by atoms with E-state index in [1.165, 1.54) is 0 Å². The highest BCUT2D eigenvalue weighted by atomic mass is 28.4. The van der Waals surface area contributed by atoms with E-state index in [1.807, 2.05) is 0 Å². The Hall–Kier alpha value is 0.0969. The first-order chi connectivity index (χ1) is 8.12. The molecule has 0 aromatic heterocycles. The quantitative estimate of drug-likeness (QED) is 0.568. The van der Waals surface area contributed by atoms with Crippen molar-refractivity contribution in [2.24, 2.45) is 0 Å². The molecule has 4 heteroatoms. The van der Waals surface area contributed by atoms with Crippen molar-refractivity contribution in [1.82, 2.24) is 0 Å². The summed E-state index contributed by atoms with van der Waals surface area (Å²) in [6.07, 6.45) is 1.97. The molecule has 0 amide bonds. The lowest BCUT2D eigenvalue weighted by atomic mass is 10.0. The molecule has 2 heterocycles. The Kier molecular flexibility index (Phi) is 3.47. The first-order valence-corrected chi connectivity index (χ1v) is 10.00. The highest BCUT2D eigenvalue weighted by Gasteiger charge is 2.66. The summed E-state index contributed by atoms with van der Waals surface area (Å²) in [7, 11) is -1.64. The summed E-state index contributed by atoms with van der Waals surface area (Å²) in [4.78, 5) is 0. The standard InChI is InChI=1S/C14H28O3Si/c1-8-11-14(5,17-11)12-10(16-12)9-15-18(6,7)13(2,3)4/h10-12H,8-9H2,1-7H3/t10?,11-,12?,14+/m1/s1. The minimum atomic E-state index is -1.64. The van der Waals surface area contributed by atoms with Crippen LogP contribution in [0.1, 0.15) is 41.0 Å². The van der Waals surface area contributed by atoms with Crippen molar-refractivity contribution in [2.75, 3.05) is 6.61 Å². The van der Waals surface area contributed by atoms with E-state index < -0.39 is 8.32 Å². The Balaban J connectivity index is 1.78. The van der Waals surface area contributed by atoms with Crippen molar-refractivity contribution in [3.05, 3.63) is 0 Å². The second kappa shape index (κ2) is 4.30. The third kappa shape index (κ3) is 2.53. The fraction of sp³-hybridized carbons (Fsp3) is 1.00. The van der Waals surface area contributed by atoms with Gasteiger partial charge in [-0.3, -0.25) is 0 Å². The van der Waals surface area contributed by atoms with Gasteiger partial charge in [0.25, 0.3) is 0 Å². The number of rotatable bonds is 5. The zero-order valence-corrected chi connectivity index (χ0v) is 13.9. The third-order valence-electron chi connectivity index (χ3n) is 4.91. The average Bonchev–Trinajstić information content (AvgIpc) is 3.09. The molecule has 2 saturated heterocycles. The second-order valence-corrected chi connectivity index (χ2v) is 12.2. The fourth-order valence-electron chi connectivity index (χ4n) is 2.29. The van der Waals surface area contributed by atoms with Crippen LogP contribution < -0.4 is 0 Å². The fourth-order valence-corrected chi connectivity index (χ4v) is 3.31. The van der Waals surface area contributed by atoms with Gasteiger partial charge in [0, 0.05) is 0 Å². The first kappa shape index (κ1) is 14.5. The summed E-state index contributed by atoms with van der Waals surface area (Å²) in [5.41, 5.74) is -0.0315. The Morgan fingerprint density at radius 3 is 2.33 bits per heavy atom. The monoisotopic (exact) mass is 272 g/mol. The highest BCUT2D eigenvalue weighted by molar-refractivity contribution is 6.74. The van der Waals surface area contributed by atoms with E-state index in [4.69, 9.17) is 13.9 Å². The normalized spacial score (nSPS) is 39.8. The summed E-state index contributed by atoms with van der Waals surface area (Å²) in [6.45, 7) is 16.4. The van der Waals surface area contributed by atoms with Gasteiger partial charge in [-0.2, -0.15) is 0 Å². The van der Waals surface area contributed by atoms with E-state index in [-0.39, 0.29) is 22.8 Å².